The first-order chi connectivity index (χ1) is 9.06. The normalized spacial score (nSPS) is 13.7. The van der Waals surface area contributed by atoms with Gasteiger partial charge in [-0.15, -0.1) is 11.3 Å². The Kier molecular flexibility index (Phi) is 6.84. The van der Waals surface area contributed by atoms with Crippen molar-refractivity contribution in [1.82, 2.24) is 15.6 Å². The predicted molar refractivity (Wildman–Crippen MR) is 83.7 cm³/mol. The molecule has 2 N–H and O–H groups in total. The van der Waals surface area contributed by atoms with E-state index in [1.165, 1.54) is 4.88 Å². The van der Waals surface area contributed by atoms with Crippen LogP contribution in [0.1, 0.15) is 44.5 Å². The SMILES string of the molecule is CCNC(=NCc1ncc(CC)s1)NC(C)C(C)C. The third-order valence-electron chi connectivity index (χ3n) is 3.03. The van der Waals surface area contributed by atoms with E-state index >= 15 is 0 Å². The number of aliphatic imine (C=N–C) groups is 1. The van der Waals surface area contributed by atoms with Crippen molar-refractivity contribution in [3.8, 4) is 0 Å². The van der Waals surface area contributed by atoms with Crippen molar-refractivity contribution in [3.05, 3.63) is 16.1 Å². The number of nitrogens with zero attached hydrogens (tertiary/aromatic N) is 2. The molecule has 0 saturated heterocycles. The lowest BCUT2D eigenvalue weighted by Gasteiger charge is -2.20. The number of aryl methyl sites for hydroxylation is 1. The Hall–Kier alpha value is -1.10. The third kappa shape index (κ3) is 5.59. The van der Waals surface area contributed by atoms with Crippen LogP contribution in [0.5, 0.6) is 0 Å². The predicted octanol–water partition coefficient (Wildman–Crippen LogP) is 2.81. The van der Waals surface area contributed by atoms with Crippen molar-refractivity contribution >= 4 is 17.3 Å². The maximum absolute atomic E-state index is 4.60. The summed E-state index contributed by atoms with van der Waals surface area (Å²) in [7, 11) is 0. The van der Waals surface area contributed by atoms with Crippen LogP contribution in [0.2, 0.25) is 0 Å². The van der Waals surface area contributed by atoms with Crippen molar-refractivity contribution in [2.24, 2.45) is 10.9 Å². The highest BCUT2D eigenvalue weighted by molar-refractivity contribution is 7.11. The van der Waals surface area contributed by atoms with Crippen LogP contribution >= 0.6 is 11.3 Å². The van der Waals surface area contributed by atoms with Gasteiger partial charge in [-0.2, -0.15) is 0 Å². The van der Waals surface area contributed by atoms with Crippen molar-refractivity contribution < 1.29 is 0 Å². The van der Waals surface area contributed by atoms with Gasteiger partial charge in [-0.1, -0.05) is 20.8 Å². The summed E-state index contributed by atoms with van der Waals surface area (Å²) >= 11 is 1.74. The molecule has 0 bridgehead atoms. The van der Waals surface area contributed by atoms with Gasteiger partial charge in [0.15, 0.2) is 5.96 Å². The Balaban J connectivity index is 2.61. The topological polar surface area (TPSA) is 49.3 Å². The molecule has 1 atom stereocenters. The average molecular weight is 282 g/mol. The van der Waals surface area contributed by atoms with Crippen LogP contribution in [0.15, 0.2) is 11.2 Å². The lowest BCUT2D eigenvalue weighted by atomic mass is 10.1. The van der Waals surface area contributed by atoms with E-state index in [4.69, 9.17) is 0 Å². The molecule has 0 saturated carbocycles. The third-order valence-corrected chi connectivity index (χ3v) is 4.16. The minimum Gasteiger partial charge on any atom is -0.357 e. The second-order valence-corrected chi connectivity index (χ2v) is 6.15. The molecular weight excluding hydrogens is 256 g/mol. The summed E-state index contributed by atoms with van der Waals surface area (Å²) in [4.78, 5) is 10.3. The zero-order chi connectivity index (χ0) is 14.3. The first-order valence-electron chi connectivity index (χ1n) is 7.05. The Labute approximate surface area is 120 Å². The number of guanidine groups is 1. The molecule has 1 unspecified atom stereocenters. The molecule has 0 radical (unpaired) electrons. The number of aromatic nitrogens is 1. The first kappa shape index (κ1) is 16.0. The van der Waals surface area contributed by atoms with Crippen molar-refractivity contribution in [2.45, 2.75) is 53.6 Å². The number of hydrogen-bond acceptors (Lipinski definition) is 3. The monoisotopic (exact) mass is 282 g/mol. The van der Waals surface area contributed by atoms with Gasteiger partial charge in [0.05, 0.1) is 6.54 Å². The molecule has 0 aliphatic heterocycles. The van der Waals surface area contributed by atoms with E-state index in [-0.39, 0.29) is 0 Å². The molecule has 0 amide bonds. The Morgan fingerprint density at radius 3 is 2.63 bits per heavy atom. The fourth-order valence-corrected chi connectivity index (χ4v) is 2.22. The maximum Gasteiger partial charge on any atom is 0.191 e. The highest BCUT2D eigenvalue weighted by Gasteiger charge is 2.09. The molecule has 0 aliphatic carbocycles. The van der Waals surface area contributed by atoms with E-state index in [9.17, 15) is 0 Å². The molecule has 108 valence electrons. The molecule has 1 rings (SSSR count). The molecule has 0 spiro atoms. The van der Waals surface area contributed by atoms with Crippen LogP contribution in [0, 0.1) is 5.92 Å². The number of hydrogen-bond donors (Lipinski definition) is 2. The Morgan fingerprint density at radius 1 is 1.37 bits per heavy atom. The molecule has 0 aromatic carbocycles. The standard InChI is InChI=1S/C14H26N4S/c1-6-12-8-16-13(19-12)9-17-14(15-7-2)18-11(5)10(3)4/h8,10-11H,6-7,9H2,1-5H3,(H2,15,17,18). The van der Waals surface area contributed by atoms with Gasteiger partial charge in [0.1, 0.15) is 5.01 Å². The number of rotatable bonds is 6. The Morgan fingerprint density at radius 2 is 2.11 bits per heavy atom. The van der Waals surface area contributed by atoms with E-state index in [1.54, 1.807) is 11.3 Å². The highest BCUT2D eigenvalue weighted by atomic mass is 32.1. The van der Waals surface area contributed by atoms with Crippen LogP contribution in [0.4, 0.5) is 0 Å². The molecule has 1 aromatic heterocycles. The number of nitrogens with one attached hydrogen (secondary N) is 2. The van der Waals surface area contributed by atoms with Crippen LogP contribution in [-0.2, 0) is 13.0 Å². The zero-order valence-corrected chi connectivity index (χ0v) is 13.5. The molecular formula is C14H26N4S. The first-order valence-corrected chi connectivity index (χ1v) is 7.86. The van der Waals surface area contributed by atoms with Gasteiger partial charge < -0.3 is 10.6 Å². The van der Waals surface area contributed by atoms with Gasteiger partial charge in [0.2, 0.25) is 0 Å². The van der Waals surface area contributed by atoms with E-state index in [1.807, 2.05) is 6.20 Å². The summed E-state index contributed by atoms with van der Waals surface area (Å²) in [6.07, 6.45) is 3.00. The average Bonchev–Trinajstić information content (AvgIpc) is 2.84. The fraction of sp³-hybridized carbons (Fsp3) is 0.714. The largest absolute Gasteiger partial charge is 0.357 e. The molecule has 19 heavy (non-hydrogen) atoms. The van der Waals surface area contributed by atoms with Gasteiger partial charge >= 0.3 is 0 Å². The lowest BCUT2D eigenvalue weighted by molar-refractivity contribution is 0.481. The summed E-state index contributed by atoms with van der Waals surface area (Å²) in [5.74, 6) is 1.45. The van der Waals surface area contributed by atoms with Crippen LogP contribution in [0.25, 0.3) is 0 Å². The Bertz CT molecular complexity index is 398. The van der Waals surface area contributed by atoms with Crippen LogP contribution < -0.4 is 10.6 Å². The maximum atomic E-state index is 4.60. The fourth-order valence-electron chi connectivity index (χ4n) is 1.43. The summed E-state index contributed by atoms with van der Waals surface area (Å²) in [5.41, 5.74) is 0. The van der Waals surface area contributed by atoms with Crippen LogP contribution in [-0.4, -0.2) is 23.5 Å². The van der Waals surface area contributed by atoms with E-state index in [0.717, 1.165) is 23.9 Å². The summed E-state index contributed by atoms with van der Waals surface area (Å²) in [6, 6.07) is 0.403. The minimum atomic E-state index is 0.403. The zero-order valence-electron chi connectivity index (χ0n) is 12.7. The molecule has 0 aliphatic rings. The molecule has 5 heteroatoms. The lowest BCUT2D eigenvalue weighted by Crippen LogP contribution is -2.44. The van der Waals surface area contributed by atoms with Crippen molar-refractivity contribution in [3.63, 3.8) is 0 Å². The van der Waals surface area contributed by atoms with Gasteiger partial charge in [-0.05, 0) is 26.2 Å². The number of thiazole rings is 1. The minimum absolute atomic E-state index is 0.403. The van der Waals surface area contributed by atoms with Crippen molar-refractivity contribution in [1.29, 1.82) is 0 Å². The molecule has 4 nitrogen and oxygen atoms in total. The highest BCUT2D eigenvalue weighted by Crippen LogP contribution is 2.14. The smallest absolute Gasteiger partial charge is 0.191 e. The quantitative estimate of drug-likeness (QED) is 0.623. The van der Waals surface area contributed by atoms with Gasteiger partial charge in [0.25, 0.3) is 0 Å². The second-order valence-electron chi connectivity index (χ2n) is 4.95. The van der Waals surface area contributed by atoms with E-state index in [2.05, 4.69) is 55.2 Å². The molecule has 1 aromatic rings. The summed E-state index contributed by atoms with van der Waals surface area (Å²) in [6.45, 7) is 12.3. The summed E-state index contributed by atoms with van der Waals surface area (Å²) in [5, 5.41) is 7.77. The van der Waals surface area contributed by atoms with Gasteiger partial charge in [0, 0.05) is 23.7 Å². The van der Waals surface area contributed by atoms with E-state index < -0.39 is 0 Å². The molecule has 0 fully saturated rings. The van der Waals surface area contributed by atoms with Crippen LogP contribution in [0.3, 0.4) is 0 Å². The van der Waals surface area contributed by atoms with Crippen molar-refractivity contribution in [2.75, 3.05) is 6.54 Å². The second kappa shape index (κ2) is 8.15. The van der Waals surface area contributed by atoms with Gasteiger partial charge in [-0.25, -0.2) is 9.98 Å². The molecule has 1 heterocycles. The van der Waals surface area contributed by atoms with E-state index in [0.29, 0.717) is 18.5 Å². The van der Waals surface area contributed by atoms with Gasteiger partial charge in [-0.3, -0.25) is 0 Å². The summed E-state index contributed by atoms with van der Waals surface area (Å²) < 4.78 is 0.